The zero-order valence-corrected chi connectivity index (χ0v) is 13.3. The summed E-state index contributed by atoms with van der Waals surface area (Å²) >= 11 is 2.22. The molecule has 0 radical (unpaired) electrons. The number of hydrogen-bond donors (Lipinski definition) is 0. The zero-order valence-electron chi connectivity index (χ0n) is 11.2. The second-order valence-electron chi connectivity index (χ2n) is 4.30. The molecule has 0 heterocycles. The third-order valence-corrected chi connectivity index (χ3v) is 3.48. The molecule has 0 aliphatic heterocycles. The van der Waals surface area contributed by atoms with Crippen LogP contribution in [-0.2, 0) is 9.53 Å². The highest BCUT2D eigenvalue weighted by Crippen LogP contribution is 2.12. The van der Waals surface area contributed by atoms with Crippen molar-refractivity contribution in [3.63, 3.8) is 0 Å². The Morgan fingerprint density at radius 3 is 2.32 bits per heavy atom. The third-order valence-electron chi connectivity index (χ3n) is 2.76. The number of hydrogen-bond acceptors (Lipinski definition) is 3. The Bertz CT molecular complexity index is 412. The molecule has 0 aliphatic carbocycles. The topological polar surface area (TPSA) is 43.4 Å². The third kappa shape index (κ3) is 6.71. The average molecular weight is 374 g/mol. The molecule has 3 nitrogen and oxygen atoms in total. The maximum absolute atomic E-state index is 11.9. The normalized spacial score (nSPS) is 10.2. The summed E-state index contributed by atoms with van der Waals surface area (Å²) in [5, 5.41) is 0. The standard InChI is InChI=1S/C15H19IO3/c1-2-19-15(18)7-5-3-4-6-14(17)12-8-10-13(16)11-9-12/h8-11H,2-7H2,1H3. The van der Waals surface area contributed by atoms with Crippen LogP contribution in [-0.4, -0.2) is 18.4 Å². The minimum Gasteiger partial charge on any atom is -0.466 e. The summed E-state index contributed by atoms with van der Waals surface area (Å²) in [6, 6.07) is 7.61. The van der Waals surface area contributed by atoms with Gasteiger partial charge in [0.15, 0.2) is 5.78 Å². The summed E-state index contributed by atoms with van der Waals surface area (Å²) in [6.45, 7) is 2.24. The molecule has 0 atom stereocenters. The van der Waals surface area contributed by atoms with Gasteiger partial charge in [0.25, 0.3) is 0 Å². The number of ether oxygens (including phenoxy) is 1. The van der Waals surface area contributed by atoms with Gasteiger partial charge in [-0.25, -0.2) is 0 Å². The summed E-state index contributed by atoms with van der Waals surface area (Å²) in [5.41, 5.74) is 0.769. The van der Waals surface area contributed by atoms with Crippen molar-refractivity contribution in [2.45, 2.75) is 39.0 Å². The fraction of sp³-hybridized carbons (Fsp3) is 0.467. The average Bonchev–Trinajstić information content (AvgIpc) is 2.39. The first-order valence-corrected chi connectivity index (χ1v) is 7.65. The number of carbonyl (C=O) groups excluding carboxylic acids is 2. The Morgan fingerprint density at radius 2 is 1.68 bits per heavy atom. The highest BCUT2D eigenvalue weighted by Gasteiger charge is 2.06. The van der Waals surface area contributed by atoms with Crippen molar-refractivity contribution in [3.8, 4) is 0 Å². The number of ketones is 1. The SMILES string of the molecule is CCOC(=O)CCCCCC(=O)c1ccc(I)cc1. The quantitative estimate of drug-likeness (QED) is 0.299. The van der Waals surface area contributed by atoms with E-state index in [2.05, 4.69) is 22.6 Å². The van der Waals surface area contributed by atoms with Gasteiger partial charge in [0.05, 0.1) is 6.61 Å². The van der Waals surface area contributed by atoms with Gasteiger partial charge in [-0.3, -0.25) is 9.59 Å². The maximum Gasteiger partial charge on any atom is 0.305 e. The van der Waals surface area contributed by atoms with Gasteiger partial charge in [0.2, 0.25) is 0 Å². The molecule has 0 fully saturated rings. The van der Waals surface area contributed by atoms with Crippen LogP contribution in [0.3, 0.4) is 0 Å². The van der Waals surface area contributed by atoms with Crippen LogP contribution in [0.4, 0.5) is 0 Å². The van der Waals surface area contributed by atoms with Crippen LogP contribution in [0.25, 0.3) is 0 Å². The highest BCUT2D eigenvalue weighted by molar-refractivity contribution is 14.1. The number of esters is 1. The van der Waals surface area contributed by atoms with Crippen LogP contribution < -0.4 is 0 Å². The fourth-order valence-corrected chi connectivity index (χ4v) is 2.10. The van der Waals surface area contributed by atoms with Crippen molar-refractivity contribution < 1.29 is 14.3 Å². The van der Waals surface area contributed by atoms with E-state index in [1.54, 1.807) is 6.92 Å². The first-order chi connectivity index (χ1) is 9.13. The molecule has 104 valence electrons. The molecule has 1 aromatic rings. The monoisotopic (exact) mass is 374 g/mol. The van der Waals surface area contributed by atoms with Crippen LogP contribution >= 0.6 is 22.6 Å². The lowest BCUT2D eigenvalue weighted by molar-refractivity contribution is -0.143. The van der Waals surface area contributed by atoms with Crippen LogP contribution in [0.1, 0.15) is 49.4 Å². The van der Waals surface area contributed by atoms with Gasteiger partial charge in [-0.1, -0.05) is 18.6 Å². The Labute approximate surface area is 127 Å². The number of halogens is 1. The Morgan fingerprint density at radius 1 is 1.05 bits per heavy atom. The van der Waals surface area contributed by atoms with Crippen molar-refractivity contribution >= 4 is 34.3 Å². The summed E-state index contributed by atoms with van der Waals surface area (Å²) in [5.74, 6) is 0.0268. The minimum absolute atomic E-state index is 0.147. The van der Waals surface area contributed by atoms with Crippen LogP contribution in [0.15, 0.2) is 24.3 Å². The molecule has 1 rings (SSSR count). The summed E-state index contributed by atoms with van der Waals surface area (Å²) in [6.07, 6.45) is 3.49. The predicted molar refractivity (Wildman–Crippen MR) is 83.2 cm³/mol. The lowest BCUT2D eigenvalue weighted by Gasteiger charge is -2.03. The summed E-state index contributed by atoms with van der Waals surface area (Å²) in [4.78, 5) is 23.0. The minimum atomic E-state index is -0.147. The lowest BCUT2D eigenvalue weighted by Crippen LogP contribution is -2.03. The van der Waals surface area contributed by atoms with Gasteiger partial charge in [0.1, 0.15) is 0 Å². The van der Waals surface area contributed by atoms with Crippen LogP contribution in [0.2, 0.25) is 0 Å². The number of rotatable bonds is 8. The van der Waals surface area contributed by atoms with Crippen molar-refractivity contribution in [1.29, 1.82) is 0 Å². The largest absolute Gasteiger partial charge is 0.466 e. The number of unbranched alkanes of at least 4 members (excludes halogenated alkanes) is 2. The molecule has 1 aromatic carbocycles. The molecular formula is C15H19IO3. The van der Waals surface area contributed by atoms with E-state index in [4.69, 9.17) is 4.74 Å². The van der Waals surface area contributed by atoms with E-state index in [0.29, 0.717) is 19.4 Å². The van der Waals surface area contributed by atoms with E-state index in [1.807, 2.05) is 24.3 Å². The van der Waals surface area contributed by atoms with E-state index >= 15 is 0 Å². The molecule has 0 aromatic heterocycles. The molecule has 4 heteroatoms. The molecule has 19 heavy (non-hydrogen) atoms. The van der Waals surface area contributed by atoms with E-state index in [-0.39, 0.29) is 11.8 Å². The summed E-state index contributed by atoms with van der Waals surface area (Å²) in [7, 11) is 0. The molecule has 0 saturated carbocycles. The second-order valence-corrected chi connectivity index (χ2v) is 5.54. The highest BCUT2D eigenvalue weighted by atomic mass is 127. The van der Waals surface area contributed by atoms with Gasteiger partial charge in [-0.05, 0) is 54.5 Å². The second kappa shape index (κ2) is 9.07. The smallest absolute Gasteiger partial charge is 0.305 e. The molecular weight excluding hydrogens is 355 g/mol. The van der Waals surface area contributed by atoms with Crippen LogP contribution in [0, 0.1) is 3.57 Å². The Balaban J connectivity index is 2.17. The van der Waals surface area contributed by atoms with Crippen molar-refractivity contribution in [2.24, 2.45) is 0 Å². The maximum atomic E-state index is 11.9. The van der Waals surface area contributed by atoms with Crippen molar-refractivity contribution in [3.05, 3.63) is 33.4 Å². The molecule has 0 N–H and O–H groups in total. The predicted octanol–water partition coefficient (Wildman–Crippen LogP) is 3.99. The fourth-order valence-electron chi connectivity index (χ4n) is 1.74. The number of Topliss-reactive ketones (excluding diaryl/α,β-unsaturated/α-hetero) is 1. The van der Waals surface area contributed by atoms with E-state index in [9.17, 15) is 9.59 Å². The van der Waals surface area contributed by atoms with E-state index in [1.165, 1.54) is 0 Å². The molecule has 0 amide bonds. The molecule has 0 saturated heterocycles. The first kappa shape index (κ1) is 16.1. The van der Waals surface area contributed by atoms with Crippen molar-refractivity contribution in [1.82, 2.24) is 0 Å². The van der Waals surface area contributed by atoms with Crippen LogP contribution in [0.5, 0.6) is 0 Å². The lowest BCUT2D eigenvalue weighted by atomic mass is 10.0. The Kier molecular flexibility index (Phi) is 7.70. The zero-order chi connectivity index (χ0) is 14.1. The molecule has 0 aliphatic rings. The molecule has 0 bridgehead atoms. The number of carbonyl (C=O) groups is 2. The van der Waals surface area contributed by atoms with Gasteiger partial charge >= 0.3 is 5.97 Å². The van der Waals surface area contributed by atoms with Crippen molar-refractivity contribution in [2.75, 3.05) is 6.61 Å². The van der Waals surface area contributed by atoms with Gasteiger partial charge in [0, 0.05) is 22.0 Å². The van der Waals surface area contributed by atoms with E-state index < -0.39 is 0 Å². The summed E-state index contributed by atoms with van der Waals surface area (Å²) < 4.78 is 5.97. The van der Waals surface area contributed by atoms with Gasteiger partial charge < -0.3 is 4.74 Å². The van der Waals surface area contributed by atoms with Gasteiger partial charge in [-0.2, -0.15) is 0 Å². The molecule has 0 spiro atoms. The van der Waals surface area contributed by atoms with Gasteiger partial charge in [-0.15, -0.1) is 0 Å². The Hall–Kier alpha value is -0.910. The first-order valence-electron chi connectivity index (χ1n) is 6.58. The molecule has 0 unspecified atom stereocenters. The van der Waals surface area contributed by atoms with E-state index in [0.717, 1.165) is 28.4 Å². The number of benzene rings is 1.